The molecule has 0 saturated carbocycles. The Kier molecular flexibility index (Phi) is 44.0. The Labute approximate surface area is 464 Å². The van der Waals surface area contributed by atoms with Crippen LogP contribution < -0.4 is 0 Å². The third-order valence-corrected chi connectivity index (χ3v) is 13.3. The van der Waals surface area contributed by atoms with E-state index in [0.717, 1.165) is 96.3 Å². The van der Waals surface area contributed by atoms with Gasteiger partial charge in [-0.1, -0.05) is 181 Å². The SMILES string of the molecule is CC/C=C\C/C=C\C/C=C\C/C=C\C/C=C\C/C=C\C/C=C\CCCCCC(=O)OC(COCCCCCCCCCC/C=C\C/C=C\CCCCC)COC1OC(COC2OC(CO)C(O)C(O)C2O)C(O)C(O)C1O. The Morgan fingerprint density at radius 3 is 1.32 bits per heavy atom. The highest BCUT2D eigenvalue weighted by Gasteiger charge is 2.47. The Morgan fingerprint density at radius 1 is 0.442 bits per heavy atom. The molecule has 0 bridgehead atoms. The monoisotopic (exact) mass is 1080 g/mol. The summed E-state index contributed by atoms with van der Waals surface area (Å²) >= 11 is 0. The van der Waals surface area contributed by atoms with Gasteiger partial charge in [0.15, 0.2) is 12.6 Å². The molecule has 11 atom stereocenters. The molecule has 2 saturated heterocycles. The van der Waals surface area contributed by atoms with Crippen molar-refractivity contribution in [2.45, 2.75) is 248 Å². The van der Waals surface area contributed by atoms with E-state index in [1.165, 1.54) is 57.8 Å². The van der Waals surface area contributed by atoms with Crippen LogP contribution in [-0.4, -0.2) is 142 Å². The molecule has 11 unspecified atom stereocenters. The molecule has 0 radical (unpaired) electrons. The van der Waals surface area contributed by atoms with Gasteiger partial charge in [-0.2, -0.15) is 0 Å². The lowest BCUT2D eigenvalue weighted by Gasteiger charge is -2.42. The number of unbranched alkanes of at least 4 members (excludes halogenated alkanes) is 14. The molecule has 0 spiro atoms. The maximum atomic E-state index is 13.1. The lowest BCUT2D eigenvalue weighted by Crippen LogP contribution is -2.61. The first kappa shape index (κ1) is 69.8. The van der Waals surface area contributed by atoms with Crippen molar-refractivity contribution in [3.63, 3.8) is 0 Å². The maximum Gasteiger partial charge on any atom is 0.306 e. The van der Waals surface area contributed by atoms with Crippen molar-refractivity contribution in [1.29, 1.82) is 0 Å². The molecule has 2 heterocycles. The highest BCUT2D eigenvalue weighted by Crippen LogP contribution is 2.26. The van der Waals surface area contributed by atoms with Crippen LogP contribution in [0.25, 0.3) is 0 Å². The zero-order chi connectivity index (χ0) is 55.8. The van der Waals surface area contributed by atoms with Gasteiger partial charge >= 0.3 is 5.97 Å². The molecule has 0 aromatic heterocycles. The number of ether oxygens (including phenoxy) is 6. The van der Waals surface area contributed by atoms with Gasteiger partial charge in [-0.15, -0.1) is 0 Å². The van der Waals surface area contributed by atoms with Crippen molar-refractivity contribution in [2.24, 2.45) is 0 Å². The van der Waals surface area contributed by atoms with Crippen molar-refractivity contribution < 1.29 is 69.0 Å². The number of hydrogen-bond donors (Lipinski definition) is 7. The van der Waals surface area contributed by atoms with E-state index in [2.05, 4.69) is 123 Å². The highest BCUT2D eigenvalue weighted by molar-refractivity contribution is 5.69. The van der Waals surface area contributed by atoms with Crippen LogP contribution in [-0.2, 0) is 33.2 Å². The first-order valence-corrected chi connectivity index (χ1v) is 29.5. The second-order valence-electron chi connectivity index (χ2n) is 20.1. The van der Waals surface area contributed by atoms with E-state index in [1.54, 1.807) is 0 Å². The van der Waals surface area contributed by atoms with Gasteiger partial charge in [0.25, 0.3) is 0 Å². The van der Waals surface area contributed by atoms with Crippen LogP contribution in [0.4, 0.5) is 0 Å². The van der Waals surface area contributed by atoms with E-state index in [9.17, 15) is 40.5 Å². The van der Waals surface area contributed by atoms with Crippen molar-refractivity contribution in [3.8, 4) is 0 Å². The van der Waals surface area contributed by atoms with Gasteiger partial charge in [-0.3, -0.25) is 4.79 Å². The summed E-state index contributed by atoms with van der Waals surface area (Å²) in [5, 5.41) is 72.4. The minimum absolute atomic E-state index is 0.0363. The van der Waals surface area contributed by atoms with E-state index >= 15 is 0 Å². The summed E-state index contributed by atoms with van der Waals surface area (Å²) in [5.41, 5.74) is 0. The van der Waals surface area contributed by atoms with Crippen LogP contribution in [0.5, 0.6) is 0 Å². The Morgan fingerprint density at radius 2 is 0.844 bits per heavy atom. The minimum Gasteiger partial charge on any atom is -0.457 e. The van der Waals surface area contributed by atoms with Gasteiger partial charge in [0.2, 0.25) is 0 Å². The molecule has 14 heteroatoms. The van der Waals surface area contributed by atoms with Crippen LogP contribution in [0.3, 0.4) is 0 Å². The van der Waals surface area contributed by atoms with E-state index in [4.69, 9.17) is 28.4 Å². The fourth-order valence-electron chi connectivity index (χ4n) is 8.53. The lowest BCUT2D eigenvalue weighted by molar-refractivity contribution is -0.332. The molecule has 440 valence electrons. The largest absolute Gasteiger partial charge is 0.457 e. The van der Waals surface area contributed by atoms with Crippen molar-refractivity contribution in [1.82, 2.24) is 0 Å². The average molecular weight is 1090 g/mol. The molecule has 14 nitrogen and oxygen atoms in total. The Bertz CT molecular complexity index is 1690. The number of carbonyl (C=O) groups is 1. The molecule has 2 rings (SSSR count). The molecule has 2 aliphatic rings. The van der Waals surface area contributed by atoms with Gasteiger partial charge in [0.1, 0.15) is 54.9 Å². The van der Waals surface area contributed by atoms with Crippen LogP contribution in [0.15, 0.2) is 109 Å². The predicted octanol–water partition coefficient (Wildman–Crippen LogP) is 10.7. The van der Waals surface area contributed by atoms with Gasteiger partial charge in [-0.05, 0) is 103 Å². The normalized spacial score (nSPS) is 25.1. The number of aliphatic hydroxyl groups excluding tert-OH is 7. The van der Waals surface area contributed by atoms with Gasteiger partial charge in [-0.25, -0.2) is 0 Å². The quantitative estimate of drug-likeness (QED) is 0.0172. The second-order valence-corrected chi connectivity index (χ2v) is 20.1. The summed E-state index contributed by atoms with van der Waals surface area (Å²) in [7, 11) is 0. The molecule has 2 aliphatic heterocycles. The third kappa shape index (κ3) is 35.1. The van der Waals surface area contributed by atoms with Crippen LogP contribution in [0, 0.1) is 0 Å². The standard InChI is InChI=1S/C63H104O14/c1-3-5-7-9-11-13-15-17-19-21-23-24-25-26-27-28-29-30-32-34-36-38-40-42-44-46-55(65)75-52(49-72-47-45-43-41-39-37-35-33-31-22-20-18-16-14-12-10-8-6-4-2)50-73-62-61(71)59(69)57(67)54(77-62)51-74-63-60(70)58(68)56(66)53(48-64)76-63/h5,7,11-14,17-20,23-24,26-27,29-30,34,36,52-54,56-64,66-71H,3-4,6,8-10,15-16,21-22,25,28,31-33,35,37-51H2,1-2H3/b7-5-,13-11-,14-12-,19-17-,20-18-,24-23-,27-26-,30-29-,36-34-. The van der Waals surface area contributed by atoms with Gasteiger partial charge < -0.3 is 64.2 Å². The van der Waals surface area contributed by atoms with Crippen LogP contribution >= 0.6 is 0 Å². The highest BCUT2D eigenvalue weighted by atomic mass is 16.7. The topological polar surface area (TPSA) is 214 Å². The summed E-state index contributed by atoms with van der Waals surface area (Å²) in [4.78, 5) is 13.1. The summed E-state index contributed by atoms with van der Waals surface area (Å²) in [6.07, 6.45) is 50.0. The number of allylic oxidation sites excluding steroid dienone is 18. The van der Waals surface area contributed by atoms with Crippen molar-refractivity contribution in [3.05, 3.63) is 109 Å². The van der Waals surface area contributed by atoms with E-state index in [-0.39, 0.29) is 19.6 Å². The lowest BCUT2D eigenvalue weighted by atomic mass is 9.98. The zero-order valence-electron chi connectivity index (χ0n) is 47.2. The van der Waals surface area contributed by atoms with Gasteiger partial charge in [0, 0.05) is 13.0 Å². The minimum atomic E-state index is -1.72. The Hall–Kier alpha value is -3.35. The molecule has 0 amide bonds. The van der Waals surface area contributed by atoms with Gasteiger partial charge in [0.05, 0.1) is 26.4 Å². The van der Waals surface area contributed by atoms with E-state index in [1.807, 2.05) is 0 Å². The zero-order valence-corrected chi connectivity index (χ0v) is 47.2. The summed E-state index contributed by atoms with van der Waals surface area (Å²) in [6, 6.07) is 0. The second kappa shape index (κ2) is 48.5. The number of aliphatic hydroxyl groups is 7. The summed E-state index contributed by atoms with van der Waals surface area (Å²) < 4.78 is 34.4. The number of rotatable bonds is 46. The number of hydrogen-bond acceptors (Lipinski definition) is 14. The molecule has 0 aromatic carbocycles. The molecule has 2 fully saturated rings. The number of carbonyl (C=O) groups excluding carboxylic acids is 1. The maximum absolute atomic E-state index is 13.1. The smallest absolute Gasteiger partial charge is 0.306 e. The first-order valence-electron chi connectivity index (χ1n) is 29.5. The fourth-order valence-corrected chi connectivity index (χ4v) is 8.53. The summed E-state index contributed by atoms with van der Waals surface area (Å²) in [6.45, 7) is 3.47. The first-order chi connectivity index (χ1) is 37.6. The van der Waals surface area contributed by atoms with Crippen molar-refractivity contribution in [2.75, 3.05) is 33.0 Å². The predicted molar refractivity (Wildman–Crippen MR) is 307 cm³/mol. The van der Waals surface area contributed by atoms with E-state index in [0.29, 0.717) is 13.0 Å². The Balaban J connectivity index is 1.74. The summed E-state index contributed by atoms with van der Waals surface area (Å²) in [5.74, 6) is -0.414. The fraction of sp³-hybridized carbons (Fsp3) is 0.698. The van der Waals surface area contributed by atoms with Crippen LogP contribution in [0.1, 0.15) is 181 Å². The third-order valence-electron chi connectivity index (χ3n) is 13.3. The molecule has 0 aliphatic carbocycles. The molecular formula is C63H104O14. The average Bonchev–Trinajstić information content (AvgIpc) is 3.43. The molecule has 77 heavy (non-hydrogen) atoms. The van der Waals surface area contributed by atoms with Crippen molar-refractivity contribution >= 4 is 5.97 Å². The molecule has 7 N–H and O–H groups in total. The number of esters is 1. The molecule has 0 aromatic rings. The molecular weight excluding hydrogens is 981 g/mol. The van der Waals surface area contributed by atoms with Crippen LogP contribution in [0.2, 0.25) is 0 Å². The van der Waals surface area contributed by atoms with E-state index < -0.39 is 86.7 Å².